The summed E-state index contributed by atoms with van der Waals surface area (Å²) in [4.78, 5) is 4.96. The van der Waals surface area contributed by atoms with Gasteiger partial charge in [-0.15, -0.1) is 0 Å². The zero-order chi connectivity index (χ0) is 47.1. The van der Waals surface area contributed by atoms with Crippen LogP contribution in [0, 0.1) is 0 Å². The zero-order valence-corrected chi connectivity index (χ0v) is 41.6. The van der Waals surface area contributed by atoms with E-state index in [-0.39, 0.29) is 27.1 Å². The normalized spacial score (nSPS) is 13.5. The summed E-state index contributed by atoms with van der Waals surface area (Å²) in [6.07, 6.45) is 1.94. The number of benzene rings is 6. The zero-order valence-electron chi connectivity index (χ0n) is 41.6. The van der Waals surface area contributed by atoms with Crippen molar-refractivity contribution in [1.29, 1.82) is 0 Å². The van der Waals surface area contributed by atoms with E-state index in [1.807, 2.05) is 12.3 Å². The fraction of sp³-hybridized carbons (Fsp3) is 0.311. The van der Waals surface area contributed by atoms with Gasteiger partial charge in [-0.2, -0.15) is 0 Å². The Morgan fingerprint density at radius 2 is 1.09 bits per heavy atom. The van der Waals surface area contributed by atoms with Crippen LogP contribution in [-0.4, -0.2) is 15.6 Å². The molecule has 0 amide bonds. The summed E-state index contributed by atoms with van der Waals surface area (Å²) in [5, 5.41) is 2.37. The number of para-hydroxylation sites is 1. The van der Waals surface area contributed by atoms with Crippen molar-refractivity contribution in [1.82, 2.24) is 18.7 Å². The minimum atomic E-state index is -0.305. The van der Waals surface area contributed by atoms with Crippen LogP contribution in [-0.2, 0) is 27.1 Å². The lowest BCUT2D eigenvalue weighted by molar-refractivity contribution is 0.483. The highest BCUT2D eigenvalue weighted by Gasteiger charge is 2.44. The van der Waals surface area contributed by atoms with Crippen LogP contribution in [0.25, 0.3) is 27.6 Å². The van der Waals surface area contributed by atoms with Gasteiger partial charge < -0.3 is 4.74 Å². The number of aromatic nitrogens is 2. The standard InChI is InChI=1S/C61H66N4O/c1-57(2,3)41-26-29-52-50(35-41)49-28-27-48(38-54(49)65(52)55-36-42(30-31-62-55)58(4,5)6)66-47-23-18-22-45(37-47)63-39-64(46-33-43(59(7,8)9)32-44(34-46)60(10,11)12)56-51(24-19-25-53(56)63)61(13,14)40-20-16-15-17-21-40/h15-38H,1-14H3/q+2. The van der Waals surface area contributed by atoms with Gasteiger partial charge in [0, 0.05) is 58.3 Å². The highest BCUT2D eigenvalue weighted by Crippen LogP contribution is 2.47. The molecule has 6 aromatic carbocycles. The fourth-order valence-electron chi connectivity index (χ4n) is 9.26. The van der Waals surface area contributed by atoms with E-state index in [0.717, 1.165) is 56.5 Å². The Morgan fingerprint density at radius 1 is 0.455 bits per heavy atom. The maximum atomic E-state index is 6.87. The first kappa shape index (κ1) is 44.6. The summed E-state index contributed by atoms with van der Waals surface area (Å²) in [6.45, 7) is 32.0. The third-order valence-electron chi connectivity index (χ3n) is 13.5. The van der Waals surface area contributed by atoms with E-state index >= 15 is 0 Å². The SMILES string of the molecule is CC(C)(C)c1cc([N+]2=C=[N+](c3cccc(Oc4ccc5c6cc(C(C)(C)C)ccc6n(-c6cc(C(C)(C)C)ccn6)c5c4)c3)c3cccc(C(C)(C)c4ccccc4)c32)cc(C(C)(C)C)c1. The Bertz CT molecular complexity index is 3230. The van der Waals surface area contributed by atoms with Crippen LogP contribution in [0.1, 0.15) is 130 Å². The van der Waals surface area contributed by atoms with Gasteiger partial charge in [-0.05, 0) is 101 Å². The van der Waals surface area contributed by atoms with E-state index in [1.54, 1.807) is 0 Å². The van der Waals surface area contributed by atoms with Crippen LogP contribution in [0.4, 0.5) is 22.7 Å². The van der Waals surface area contributed by atoms with Gasteiger partial charge in [0.1, 0.15) is 17.3 Å². The average Bonchev–Trinajstić information content (AvgIpc) is 3.81. The predicted molar refractivity (Wildman–Crippen MR) is 279 cm³/mol. The molecule has 3 heterocycles. The summed E-state index contributed by atoms with van der Waals surface area (Å²) in [5.74, 6) is 2.39. The molecule has 5 nitrogen and oxygen atoms in total. The molecule has 0 saturated carbocycles. The monoisotopic (exact) mass is 871 g/mol. The second-order valence-corrected chi connectivity index (χ2v) is 23.0. The number of hydrogen-bond donors (Lipinski definition) is 0. The third kappa shape index (κ3) is 8.20. The molecule has 0 spiro atoms. The van der Waals surface area contributed by atoms with E-state index in [0.29, 0.717) is 0 Å². The summed E-state index contributed by atoms with van der Waals surface area (Å²) in [6, 6.07) is 54.6. The Kier molecular flexibility index (Phi) is 10.7. The van der Waals surface area contributed by atoms with Crippen molar-refractivity contribution in [3.05, 3.63) is 179 Å². The second-order valence-electron chi connectivity index (χ2n) is 23.0. The molecule has 66 heavy (non-hydrogen) atoms. The van der Waals surface area contributed by atoms with Crippen molar-refractivity contribution in [2.75, 3.05) is 0 Å². The molecule has 1 aliphatic rings. The molecule has 0 atom stereocenters. The maximum Gasteiger partial charge on any atom is 0.503 e. The van der Waals surface area contributed by atoms with E-state index < -0.39 is 0 Å². The first-order valence-electron chi connectivity index (χ1n) is 23.5. The topological polar surface area (TPSA) is 33.1 Å². The largest absolute Gasteiger partial charge is 0.503 e. The third-order valence-corrected chi connectivity index (χ3v) is 13.5. The molecule has 0 N–H and O–H groups in total. The second kappa shape index (κ2) is 15.8. The van der Waals surface area contributed by atoms with Crippen molar-refractivity contribution in [3.8, 4) is 17.3 Å². The lowest BCUT2D eigenvalue weighted by atomic mass is 9.77. The van der Waals surface area contributed by atoms with Crippen LogP contribution in [0.5, 0.6) is 11.5 Å². The van der Waals surface area contributed by atoms with Gasteiger partial charge in [-0.1, -0.05) is 158 Å². The Morgan fingerprint density at radius 3 is 1.76 bits per heavy atom. The van der Waals surface area contributed by atoms with Gasteiger partial charge in [0.15, 0.2) is 0 Å². The van der Waals surface area contributed by atoms with Crippen molar-refractivity contribution in [3.63, 3.8) is 0 Å². The summed E-state index contributed by atoms with van der Waals surface area (Å²) in [5.41, 5.74) is 13.6. The van der Waals surface area contributed by atoms with Gasteiger partial charge in [0.2, 0.25) is 11.4 Å². The molecule has 1 aliphatic heterocycles. The van der Waals surface area contributed by atoms with Crippen LogP contribution in [0.2, 0.25) is 0 Å². The van der Waals surface area contributed by atoms with Crippen LogP contribution >= 0.6 is 0 Å². The van der Waals surface area contributed by atoms with Gasteiger partial charge >= 0.3 is 11.7 Å². The van der Waals surface area contributed by atoms with Gasteiger partial charge in [0.25, 0.3) is 5.69 Å². The minimum absolute atomic E-state index is 0.00826. The molecule has 0 saturated heterocycles. The Labute approximate surface area is 392 Å². The van der Waals surface area contributed by atoms with Gasteiger partial charge in [-0.25, -0.2) is 4.98 Å². The quantitative estimate of drug-likeness (QED) is 0.150. The number of fused-ring (bicyclic) bond motifs is 4. The number of hydrogen-bond acceptors (Lipinski definition) is 2. The molecule has 2 aromatic heterocycles. The molecule has 5 heteroatoms. The predicted octanol–water partition coefficient (Wildman–Crippen LogP) is 16.3. The van der Waals surface area contributed by atoms with E-state index in [4.69, 9.17) is 9.72 Å². The van der Waals surface area contributed by atoms with E-state index in [2.05, 4.69) is 250 Å². The van der Waals surface area contributed by atoms with Crippen LogP contribution in [0.3, 0.4) is 0 Å². The molecule has 0 radical (unpaired) electrons. The lowest BCUT2D eigenvalue weighted by Gasteiger charge is -2.26. The fourth-order valence-corrected chi connectivity index (χ4v) is 9.26. The molecule has 0 aliphatic carbocycles. The minimum Gasteiger partial charge on any atom is -0.457 e. The number of nitrogens with zero attached hydrogens (tertiary/aromatic N) is 4. The average molecular weight is 871 g/mol. The molecule has 0 fully saturated rings. The van der Waals surface area contributed by atoms with Crippen LogP contribution in [0.15, 0.2) is 146 Å². The molecule has 9 rings (SSSR count). The summed E-state index contributed by atoms with van der Waals surface area (Å²) < 4.78 is 13.7. The number of ether oxygens (including phenoxy) is 1. The number of pyridine rings is 1. The molecule has 334 valence electrons. The van der Waals surface area contributed by atoms with Gasteiger partial charge in [0.05, 0.1) is 17.1 Å². The van der Waals surface area contributed by atoms with Crippen molar-refractivity contribution in [2.24, 2.45) is 0 Å². The maximum absolute atomic E-state index is 6.87. The van der Waals surface area contributed by atoms with E-state index in [9.17, 15) is 0 Å². The molecule has 0 unspecified atom stereocenters. The molecular weight excluding hydrogens is 805 g/mol. The Balaban J connectivity index is 1.20. The van der Waals surface area contributed by atoms with Crippen molar-refractivity contribution >= 4 is 50.6 Å². The first-order valence-corrected chi connectivity index (χ1v) is 23.5. The van der Waals surface area contributed by atoms with E-state index in [1.165, 1.54) is 38.8 Å². The summed E-state index contributed by atoms with van der Waals surface area (Å²) >= 11 is 0. The lowest BCUT2D eigenvalue weighted by Crippen LogP contribution is -2.22. The first-order chi connectivity index (χ1) is 31.0. The molecular formula is C61H66N4O+2. The smallest absolute Gasteiger partial charge is 0.457 e. The van der Waals surface area contributed by atoms with Crippen molar-refractivity contribution in [2.45, 2.75) is 124 Å². The molecule has 0 bridgehead atoms. The van der Waals surface area contributed by atoms with Crippen LogP contribution < -0.4 is 13.9 Å². The Hall–Kier alpha value is -6.55. The highest BCUT2D eigenvalue weighted by atomic mass is 16.5. The van der Waals surface area contributed by atoms with Crippen molar-refractivity contribution < 1.29 is 4.74 Å². The highest BCUT2D eigenvalue weighted by molar-refractivity contribution is 6.10. The van der Waals surface area contributed by atoms with Gasteiger partial charge in [-0.3, -0.25) is 4.57 Å². The summed E-state index contributed by atoms with van der Waals surface area (Å²) in [7, 11) is 0. The number of rotatable bonds is 7. The molecule has 8 aromatic rings.